The highest BCUT2D eigenvalue weighted by molar-refractivity contribution is 5.76. The molecule has 0 spiro atoms. The first-order chi connectivity index (χ1) is 18.1. The number of rotatable bonds is 13. The van der Waals surface area contributed by atoms with Gasteiger partial charge in [0.1, 0.15) is 0 Å². The van der Waals surface area contributed by atoms with Crippen molar-refractivity contribution < 1.29 is 9.59 Å². The summed E-state index contributed by atoms with van der Waals surface area (Å²) in [5.41, 5.74) is 2.55. The number of nitrogens with one attached hydrogen (secondary N) is 1. The molecule has 0 atom stereocenters. The van der Waals surface area contributed by atoms with Crippen LogP contribution in [-0.4, -0.2) is 54.0 Å². The van der Waals surface area contributed by atoms with Gasteiger partial charge in [0, 0.05) is 38.6 Å². The van der Waals surface area contributed by atoms with E-state index in [-0.39, 0.29) is 6.03 Å². The van der Waals surface area contributed by atoms with Crippen molar-refractivity contribution in [3.8, 4) is 0 Å². The molecule has 206 valence electrons. The lowest BCUT2D eigenvalue weighted by molar-refractivity contribution is -0.132. The molecule has 3 rings (SSSR count). The second kappa shape index (κ2) is 16.5. The monoisotopic (exact) mass is 509 g/mol. The number of likely N-dealkylation sites (tertiary alicyclic amines) is 1. The van der Waals surface area contributed by atoms with Crippen molar-refractivity contribution >= 4 is 18.0 Å². The van der Waals surface area contributed by atoms with Crippen molar-refractivity contribution in [1.82, 2.24) is 15.1 Å². The summed E-state index contributed by atoms with van der Waals surface area (Å²) in [6, 6.07) is 10.9. The van der Waals surface area contributed by atoms with Gasteiger partial charge in [0.25, 0.3) is 0 Å². The smallest absolute Gasteiger partial charge is 0.317 e. The summed E-state index contributed by atoms with van der Waals surface area (Å²) in [5.74, 6) is 0.747. The van der Waals surface area contributed by atoms with E-state index in [0.29, 0.717) is 30.8 Å². The summed E-state index contributed by atoms with van der Waals surface area (Å²) >= 11 is 0. The van der Waals surface area contributed by atoms with Crippen molar-refractivity contribution in [3.05, 3.63) is 41.5 Å². The summed E-state index contributed by atoms with van der Waals surface area (Å²) in [7, 11) is 0. The quantitative estimate of drug-likeness (QED) is 0.281. The Labute approximate surface area is 226 Å². The van der Waals surface area contributed by atoms with E-state index in [4.69, 9.17) is 0 Å². The van der Waals surface area contributed by atoms with Crippen LogP contribution in [0.25, 0.3) is 6.08 Å². The zero-order valence-corrected chi connectivity index (χ0v) is 23.6. The van der Waals surface area contributed by atoms with Crippen LogP contribution in [-0.2, 0) is 4.79 Å². The first kappa shape index (κ1) is 29.3. The van der Waals surface area contributed by atoms with Gasteiger partial charge >= 0.3 is 6.03 Å². The highest BCUT2D eigenvalue weighted by Gasteiger charge is 2.27. The maximum atomic E-state index is 13.6. The standard InChI is InChI=1S/C32H51N3O2/c1-3-5-9-16-29(24-27-14-10-7-11-15-27)26-35(32(37)33-30-17-12-8-13-18-30)25-28-20-22-34(23-21-28)31(36)19-6-4-2/h7,10-11,14-15,24,28,30H,3-6,8-9,12-13,16-23,25-26H2,1-2H3,(H,33,37). The van der Waals surface area contributed by atoms with E-state index in [2.05, 4.69) is 60.5 Å². The van der Waals surface area contributed by atoms with E-state index in [1.807, 2.05) is 4.90 Å². The summed E-state index contributed by atoms with van der Waals surface area (Å²) in [6.45, 7) is 7.49. The van der Waals surface area contributed by atoms with E-state index in [1.54, 1.807) is 0 Å². The molecule has 5 nitrogen and oxygen atoms in total. The molecule has 1 saturated carbocycles. The van der Waals surface area contributed by atoms with Gasteiger partial charge in [-0.25, -0.2) is 4.79 Å². The van der Waals surface area contributed by atoms with Gasteiger partial charge in [0.2, 0.25) is 5.91 Å². The normalized spacial score (nSPS) is 17.6. The molecule has 1 N–H and O–H groups in total. The Morgan fingerprint density at radius 3 is 2.30 bits per heavy atom. The maximum absolute atomic E-state index is 13.6. The molecule has 1 aliphatic carbocycles. The number of unbranched alkanes of at least 4 members (excludes halogenated alkanes) is 3. The minimum absolute atomic E-state index is 0.0998. The van der Waals surface area contributed by atoms with Gasteiger partial charge in [0.05, 0.1) is 0 Å². The third kappa shape index (κ3) is 10.5. The van der Waals surface area contributed by atoms with E-state index >= 15 is 0 Å². The van der Waals surface area contributed by atoms with Gasteiger partial charge in [-0.3, -0.25) is 4.79 Å². The van der Waals surface area contributed by atoms with Gasteiger partial charge in [-0.15, -0.1) is 0 Å². The molecule has 2 fully saturated rings. The van der Waals surface area contributed by atoms with Gasteiger partial charge < -0.3 is 15.1 Å². The fourth-order valence-corrected chi connectivity index (χ4v) is 5.72. The number of carbonyl (C=O) groups is 2. The number of hydrogen-bond acceptors (Lipinski definition) is 2. The minimum atomic E-state index is 0.0998. The van der Waals surface area contributed by atoms with Crippen molar-refractivity contribution in [1.29, 1.82) is 0 Å². The first-order valence-corrected chi connectivity index (χ1v) is 15.2. The van der Waals surface area contributed by atoms with Gasteiger partial charge in [-0.05, 0) is 56.4 Å². The Morgan fingerprint density at radius 1 is 0.919 bits per heavy atom. The maximum Gasteiger partial charge on any atom is 0.317 e. The molecule has 2 aliphatic rings. The molecule has 0 unspecified atom stereocenters. The number of nitrogens with zero attached hydrogens (tertiary/aromatic N) is 2. The molecule has 1 saturated heterocycles. The molecule has 0 radical (unpaired) electrons. The van der Waals surface area contributed by atoms with E-state index < -0.39 is 0 Å². The summed E-state index contributed by atoms with van der Waals surface area (Å²) in [5, 5.41) is 3.39. The summed E-state index contributed by atoms with van der Waals surface area (Å²) < 4.78 is 0. The predicted molar refractivity (Wildman–Crippen MR) is 154 cm³/mol. The van der Waals surface area contributed by atoms with Crippen molar-refractivity contribution in [2.75, 3.05) is 26.2 Å². The number of urea groups is 1. The van der Waals surface area contributed by atoms with Crippen LogP contribution in [0.2, 0.25) is 0 Å². The Balaban J connectivity index is 1.68. The third-order valence-corrected chi connectivity index (χ3v) is 8.08. The second-order valence-electron chi connectivity index (χ2n) is 11.3. The minimum Gasteiger partial charge on any atom is -0.343 e. The lowest BCUT2D eigenvalue weighted by Crippen LogP contribution is -2.49. The van der Waals surface area contributed by atoms with Crippen LogP contribution in [0.3, 0.4) is 0 Å². The van der Waals surface area contributed by atoms with Crippen LogP contribution in [0.4, 0.5) is 4.79 Å². The summed E-state index contributed by atoms with van der Waals surface area (Å²) in [4.78, 5) is 30.3. The Bertz CT molecular complexity index is 824. The van der Waals surface area contributed by atoms with E-state index in [0.717, 1.165) is 71.0 Å². The molecule has 1 aliphatic heterocycles. The molecule has 3 amide bonds. The largest absolute Gasteiger partial charge is 0.343 e. The van der Waals surface area contributed by atoms with Crippen LogP contribution in [0, 0.1) is 5.92 Å². The average molecular weight is 510 g/mol. The number of benzene rings is 1. The molecular formula is C32H51N3O2. The fourth-order valence-electron chi connectivity index (χ4n) is 5.72. The van der Waals surface area contributed by atoms with Crippen LogP contribution in [0.5, 0.6) is 0 Å². The molecule has 1 aromatic rings. The number of piperidine rings is 1. The average Bonchev–Trinajstić information content (AvgIpc) is 2.93. The highest BCUT2D eigenvalue weighted by Crippen LogP contribution is 2.23. The van der Waals surface area contributed by atoms with E-state index in [9.17, 15) is 9.59 Å². The van der Waals surface area contributed by atoms with Crippen molar-refractivity contribution in [2.45, 2.75) is 110 Å². The molecule has 37 heavy (non-hydrogen) atoms. The zero-order chi connectivity index (χ0) is 26.3. The van der Waals surface area contributed by atoms with Crippen LogP contribution in [0.1, 0.15) is 109 Å². The fraction of sp³-hybridized carbons (Fsp3) is 0.688. The second-order valence-corrected chi connectivity index (χ2v) is 11.3. The third-order valence-electron chi connectivity index (χ3n) is 8.08. The summed E-state index contributed by atoms with van der Waals surface area (Å²) in [6.07, 6.45) is 17.5. The van der Waals surface area contributed by atoms with Crippen molar-refractivity contribution in [2.24, 2.45) is 5.92 Å². The highest BCUT2D eigenvalue weighted by atomic mass is 16.2. The molecular weight excluding hydrogens is 458 g/mol. The Morgan fingerprint density at radius 2 is 1.62 bits per heavy atom. The lowest BCUT2D eigenvalue weighted by Gasteiger charge is -2.36. The number of amides is 3. The van der Waals surface area contributed by atoms with Gasteiger partial charge in [-0.2, -0.15) is 0 Å². The van der Waals surface area contributed by atoms with Crippen molar-refractivity contribution in [3.63, 3.8) is 0 Å². The Kier molecular flexibility index (Phi) is 13.1. The number of carbonyl (C=O) groups excluding carboxylic acids is 2. The molecule has 0 aromatic heterocycles. The van der Waals surface area contributed by atoms with Crippen LogP contribution >= 0.6 is 0 Å². The molecule has 1 aromatic carbocycles. The molecule has 1 heterocycles. The van der Waals surface area contributed by atoms with Gasteiger partial charge in [-0.1, -0.05) is 94.4 Å². The molecule has 5 heteroatoms. The topological polar surface area (TPSA) is 52.7 Å². The van der Waals surface area contributed by atoms with E-state index in [1.165, 1.54) is 43.2 Å². The van der Waals surface area contributed by atoms with Crippen LogP contribution in [0.15, 0.2) is 35.9 Å². The van der Waals surface area contributed by atoms with Gasteiger partial charge in [0.15, 0.2) is 0 Å². The predicted octanol–water partition coefficient (Wildman–Crippen LogP) is 7.42. The Hall–Kier alpha value is -2.30. The number of hydrogen-bond donors (Lipinski definition) is 1. The van der Waals surface area contributed by atoms with Crippen LogP contribution < -0.4 is 5.32 Å². The molecule has 0 bridgehead atoms. The lowest BCUT2D eigenvalue weighted by atomic mass is 9.94. The first-order valence-electron chi connectivity index (χ1n) is 15.2. The SMILES string of the molecule is CCCCCC(=Cc1ccccc1)CN(CC1CCN(C(=O)CCCC)CC1)C(=O)NC1CCCCC1. The zero-order valence-electron chi connectivity index (χ0n) is 23.6.